The van der Waals surface area contributed by atoms with Gasteiger partial charge < -0.3 is 9.30 Å². The van der Waals surface area contributed by atoms with Crippen molar-refractivity contribution in [2.24, 2.45) is 0 Å². The molecule has 0 N–H and O–H groups in total. The summed E-state index contributed by atoms with van der Waals surface area (Å²) < 4.78 is 22.2. The molecule has 4 aromatic rings. The van der Waals surface area contributed by atoms with Gasteiger partial charge in [0.25, 0.3) is 0 Å². The highest BCUT2D eigenvalue weighted by Gasteiger charge is 2.19. The lowest BCUT2D eigenvalue weighted by Gasteiger charge is -2.06. The lowest BCUT2D eigenvalue weighted by Crippen LogP contribution is -2.05. The second-order valence-corrected chi connectivity index (χ2v) is 7.34. The number of thiazole rings is 1. The first-order valence-corrected chi connectivity index (χ1v) is 10.00. The summed E-state index contributed by atoms with van der Waals surface area (Å²) in [6, 6.07) is 12.0. The molecule has 0 radical (unpaired) electrons. The van der Waals surface area contributed by atoms with Gasteiger partial charge in [-0.05, 0) is 57.2 Å². The quantitative estimate of drug-likeness (QED) is 0.447. The van der Waals surface area contributed by atoms with Crippen molar-refractivity contribution in [3.8, 4) is 22.2 Å². The molecule has 29 heavy (non-hydrogen) atoms. The van der Waals surface area contributed by atoms with E-state index >= 15 is 0 Å². The molecule has 0 bridgehead atoms. The average molecular weight is 410 g/mol. The summed E-state index contributed by atoms with van der Waals surface area (Å²) in [5, 5.41) is 7.04. The van der Waals surface area contributed by atoms with Crippen LogP contribution in [-0.4, -0.2) is 31.9 Å². The lowest BCUT2D eigenvalue weighted by atomic mass is 10.3. The van der Waals surface area contributed by atoms with Crippen LogP contribution in [0.4, 0.5) is 4.39 Å². The van der Waals surface area contributed by atoms with Gasteiger partial charge in [0.05, 0.1) is 12.3 Å². The zero-order chi connectivity index (χ0) is 20.5. The number of hydrogen-bond acceptors (Lipinski definition) is 5. The Hall–Kier alpha value is -3.26. The van der Waals surface area contributed by atoms with Gasteiger partial charge in [-0.25, -0.2) is 18.9 Å². The SMILES string of the molecule is CCOC(=O)c1csc(-c2cc(-n3c(C)ccc3C)nn2-c2ccc(F)cc2)n1. The molecule has 0 amide bonds. The molecular weight excluding hydrogens is 391 g/mol. The van der Waals surface area contributed by atoms with E-state index in [2.05, 4.69) is 4.98 Å². The molecule has 0 saturated heterocycles. The van der Waals surface area contributed by atoms with Crippen molar-refractivity contribution < 1.29 is 13.9 Å². The van der Waals surface area contributed by atoms with E-state index in [9.17, 15) is 9.18 Å². The van der Waals surface area contributed by atoms with Gasteiger partial charge in [0.1, 0.15) is 16.5 Å². The first-order chi connectivity index (χ1) is 14.0. The maximum atomic E-state index is 13.4. The standard InChI is InChI=1S/C21H19FN4O2S/c1-4-28-21(27)17-12-29-20(23-17)18-11-19(25-13(2)5-6-14(25)3)24-26(18)16-9-7-15(22)8-10-16/h5-12H,4H2,1-3H3. The van der Waals surface area contributed by atoms with Gasteiger partial charge in [0.15, 0.2) is 11.5 Å². The minimum atomic E-state index is -0.458. The molecule has 1 aromatic carbocycles. The topological polar surface area (TPSA) is 61.9 Å². The molecule has 6 nitrogen and oxygen atoms in total. The first-order valence-electron chi connectivity index (χ1n) is 9.12. The molecule has 0 fully saturated rings. The number of aryl methyl sites for hydroxylation is 2. The van der Waals surface area contributed by atoms with Gasteiger partial charge >= 0.3 is 5.97 Å². The van der Waals surface area contributed by atoms with Crippen LogP contribution in [0.15, 0.2) is 47.8 Å². The van der Waals surface area contributed by atoms with E-state index in [-0.39, 0.29) is 18.1 Å². The number of halogens is 1. The monoisotopic (exact) mass is 410 g/mol. The van der Waals surface area contributed by atoms with E-state index in [1.165, 1.54) is 23.5 Å². The Labute approximate surface area is 171 Å². The molecular formula is C21H19FN4O2S. The number of nitrogens with zero attached hydrogens (tertiary/aromatic N) is 4. The van der Waals surface area contributed by atoms with E-state index < -0.39 is 5.97 Å². The Bertz CT molecular complexity index is 1150. The van der Waals surface area contributed by atoms with Gasteiger partial charge in [-0.2, -0.15) is 0 Å². The Morgan fingerprint density at radius 1 is 1.14 bits per heavy atom. The third-order valence-corrected chi connectivity index (χ3v) is 5.34. The van der Waals surface area contributed by atoms with Crippen molar-refractivity contribution in [2.45, 2.75) is 20.8 Å². The molecule has 3 aromatic heterocycles. The van der Waals surface area contributed by atoms with Crippen LogP contribution in [0.5, 0.6) is 0 Å². The van der Waals surface area contributed by atoms with Gasteiger partial charge in [0, 0.05) is 22.8 Å². The molecule has 0 aliphatic heterocycles. The summed E-state index contributed by atoms with van der Waals surface area (Å²) in [7, 11) is 0. The van der Waals surface area contributed by atoms with Crippen LogP contribution >= 0.6 is 11.3 Å². The summed E-state index contributed by atoms with van der Waals surface area (Å²) in [6.07, 6.45) is 0. The van der Waals surface area contributed by atoms with Crippen molar-refractivity contribution in [1.82, 2.24) is 19.3 Å². The van der Waals surface area contributed by atoms with Gasteiger partial charge in [-0.3, -0.25) is 0 Å². The van der Waals surface area contributed by atoms with Gasteiger partial charge in [-0.1, -0.05) is 0 Å². The zero-order valence-corrected chi connectivity index (χ0v) is 17.0. The Kier molecular flexibility index (Phi) is 5.02. The van der Waals surface area contributed by atoms with Crippen molar-refractivity contribution >= 4 is 17.3 Å². The molecule has 0 saturated carbocycles. The average Bonchev–Trinajstić information content (AvgIpc) is 3.41. The first kappa shape index (κ1) is 19.1. The third-order valence-electron chi connectivity index (χ3n) is 4.48. The zero-order valence-electron chi connectivity index (χ0n) is 16.2. The minimum absolute atomic E-state index is 0.258. The van der Waals surface area contributed by atoms with Crippen LogP contribution in [0, 0.1) is 19.7 Å². The maximum Gasteiger partial charge on any atom is 0.357 e. The maximum absolute atomic E-state index is 13.4. The van der Waals surface area contributed by atoms with Crippen molar-refractivity contribution in [3.63, 3.8) is 0 Å². The van der Waals surface area contributed by atoms with Crippen molar-refractivity contribution in [3.05, 3.63) is 70.7 Å². The molecule has 148 valence electrons. The second kappa shape index (κ2) is 7.63. The van der Waals surface area contributed by atoms with Crippen LogP contribution in [-0.2, 0) is 4.74 Å². The molecule has 0 spiro atoms. The number of carbonyl (C=O) groups is 1. The predicted molar refractivity (Wildman–Crippen MR) is 109 cm³/mol. The highest BCUT2D eigenvalue weighted by atomic mass is 32.1. The Morgan fingerprint density at radius 2 is 1.83 bits per heavy atom. The van der Waals surface area contributed by atoms with E-state index in [4.69, 9.17) is 9.84 Å². The van der Waals surface area contributed by atoms with E-state index in [0.717, 1.165) is 17.2 Å². The number of esters is 1. The fourth-order valence-corrected chi connectivity index (χ4v) is 3.92. The Morgan fingerprint density at radius 3 is 2.48 bits per heavy atom. The molecule has 0 aliphatic rings. The third kappa shape index (κ3) is 3.58. The molecule has 0 aliphatic carbocycles. The van der Waals surface area contributed by atoms with Crippen molar-refractivity contribution in [2.75, 3.05) is 6.61 Å². The fraction of sp³-hybridized carbons (Fsp3) is 0.190. The normalized spacial score (nSPS) is 11.0. The number of aromatic nitrogens is 4. The van der Waals surface area contributed by atoms with Crippen LogP contribution in [0.25, 0.3) is 22.2 Å². The van der Waals surface area contributed by atoms with Gasteiger partial charge in [-0.15, -0.1) is 16.4 Å². The molecule has 0 unspecified atom stereocenters. The number of carbonyl (C=O) groups excluding carboxylic acids is 1. The lowest BCUT2D eigenvalue weighted by molar-refractivity contribution is 0.0520. The summed E-state index contributed by atoms with van der Waals surface area (Å²) in [5.41, 5.74) is 3.75. The summed E-state index contributed by atoms with van der Waals surface area (Å²) in [5.74, 6) is -0.0593. The predicted octanol–water partition coefficient (Wildman–Crippen LogP) is 4.72. The largest absolute Gasteiger partial charge is 0.461 e. The van der Waals surface area contributed by atoms with Crippen LogP contribution in [0.3, 0.4) is 0 Å². The van der Waals surface area contributed by atoms with Gasteiger partial charge in [0.2, 0.25) is 0 Å². The molecule has 8 heteroatoms. The van der Waals surface area contributed by atoms with Crippen LogP contribution < -0.4 is 0 Å². The van der Waals surface area contributed by atoms with E-state index in [1.807, 2.05) is 36.6 Å². The van der Waals surface area contributed by atoms with Crippen molar-refractivity contribution in [1.29, 1.82) is 0 Å². The Balaban J connectivity index is 1.86. The van der Waals surface area contributed by atoms with Crippen LogP contribution in [0.1, 0.15) is 28.8 Å². The number of benzene rings is 1. The highest BCUT2D eigenvalue weighted by molar-refractivity contribution is 7.13. The summed E-state index contributed by atoms with van der Waals surface area (Å²) in [6.45, 7) is 6.05. The summed E-state index contributed by atoms with van der Waals surface area (Å²) >= 11 is 1.33. The molecule has 4 rings (SSSR count). The molecule has 0 atom stereocenters. The minimum Gasteiger partial charge on any atom is -0.461 e. The van der Waals surface area contributed by atoms with Crippen LogP contribution in [0.2, 0.25) is 0 Å². The molecule has 3 heterocycles. The smallest absolute Gasteiger partial charge is 0.357 e. The number of ether oxygens (including phenoxy) is 1. The summed E-state index contributed by atoms with van der Waals surface area (Å²) in [4.78, 5) is 16.5. The highest BCUT2D eigenvalue weighted by Crippen LogP contribution is 2.29. The number of hydrogen-bond donors (Lipinski definition) is 0. The second-order valence-electron chi connectivity index (χ2n) is 6.49. The van der Waals surface area contributed by atoms with E-state index in [0.29, 0.717) is 16.4 Å². The van der Waals surface area contributed by atoms with E-state index in [1.54, 1.807) is 29.1 Å². The fourth-order valence-electron chi connectivity index (χ4n) is 3.13. The number of rotatable bonds is 5.